The van der Waals surface area contributed by atoms with Crippen molar-refractivity contribution in [2.45, 2.75) is 63.1 Å². The Morgan fingerprint density at radius 1 is 0.946 bits per heavy atom. The van der Waals surface area contributed by atoms with Gasteiger partial charge in [0.1, 0.15) is 11.6 Å². The number of benzene rings is 2. The molecule has 3 N–H and O–H groups in total. The third kappa shape index (κ3) is 5.86. The molecule has 37 heavy (non-hydrogen) atoms. The second-order valence-electron chi connectivity index (χ2n) is 9.61. The maximum atomic E-state index is 13.1. The van der Waals surface area contributed by atoms with Crippen LogP contribution in [0, 0.1) is 6.92 Å². The third-order valence-corrected chi connectivity index (χ3v) is 6.98. The molecule has 7 nitrogen and oxygen atoms in total. The summed E-state index contributed by atoms with van der Waals surface area (Å²) in [5, 5.41) is 14.6. The van der Waals surface area contributed by atoms with Gasteiger partial charge in [-0.25, -0.2) is 19.7 Å². The standard InChI is InChI=1S/C26H25ClF3N5O2/c1-13-2-6-16(31-25(37)32-17-7-9-21(27)20(12-17)26(28,29)30)11-19(13)24-34-22(14-3-4-14)33-23(35-24)15-5-8-18(36)10-15/h2,6-7,9,11-12,14-15,18,36H,3-5,8,10H2,1H3,(H2,31,32,37). The molecular weight excluding hydrogens is 507 g/mol. The monoisotopic (exact) mass is 531 g/mol. The van der Waals surface area contributed by atoms with Gasteiger partial charge in [-0.15, -0.1) is 0 Å². The molecule has 2 unspecified atom stereocenters. The summed E-state index contributed by atoms with van der Waals surface area (Å²) >= 11 is 5.65. The second-order valence-corrected chi connectivity index (χ2v) is 10.0. The summed E-state index contributed by atoms with van der Waals surface area (Å²) in [5.74, 6) is 2.31. The van der Waals surface area contributed by atoms with Gasteiger partial charge < -0.3 is 15.7 Å². The molecule has 0 radical (unpaired) electrons. The van der Waals surface area contributed by atoms with Gasteiger partial charge in [0.15, 0.2) is 5.82 Å². The van der Waals surface area contributed by atoms with E-state index in [0.717, 1.165) is 49.2 Å². The van der Waals surface area contributed by atoms with E-state index in [2.05, 4.69) is 10.6 Å². The quantitative estimate of drug-likeness (QED) is 0.341. The molecule has 2 aliphatic carbocycles. The van der Waals surface area contributed by atoms with Crippen molar-refractivity contribution in [3.05, 3.63) is 64.2 Å². The number of nitrogens with zero attached hydrogens (tertiary/aromatic N) is 3. The number of carbonyl (C=O) groups excluding carboxylic acids is 1. The Morgan fingerprint density at radius 2 is 1.57 bits per heavy atom. The molecule has 11 heteroatoms. The maximum absolute atomic E-state index is 13.1. The highest BCUT2D eigenvalue weighted by Gasteiger charge is 2.34. The Balaban J connectivity index is 1.38. The van der Waals surface area contributed by atoms with Crippen molar-refractivity contribution in [1.29, 1.82) is 0 Å². The number of anilines is 2. The SMILES string of the molecule is Cc1ccc(NC(=O)Nc2ccc(Cl)c(C(F)(F)F)c2)cc1-c1nc(C2CC2)nc(C2CCC(O)C2)n1. The summed E-state index contributed by atoms with van der Waals surface area (Å²) in [6, 6.07) is 7.70. The molecule has 2 amide bonds. The van der Waals surface area contributed by atoms with Crippen molar-refractivity contribution >= 4 is 29.0 Å². The van der Waals surface area contributed by atoms with Gasteiger partial charge in [-0.05, 0) is 74.9 Å². The molecule has 2 fully saturated rings. The molecule has 2 atom stereocenters. The van der Waals surface area contributed by atoms with Gasteiger partial charge in [0.25, 0.3) is 0 Å². The van der Waals surface area contributed by atoms with Crippen molar-refractivity contribution in [3.63, 3.8) is 0 Å². The van der Waals surface area contributed by atoms with Gasteiger partial charge >= 0.3 is 12.2 Å². The van der Waals surface area contributed by atoms with E-state index in [1.807, 2.05) is 13.0 Å². The highest BCUT2D eigenvalue weighted by molar-refractivity contribution is 6.31. The summed E-state index contributed by atoms with van der Waals surface area (Å²) in [4.78, 5) is 26.7. The number of nitrogens with one attached hydrogen (secondary N) is 2. The van der Waals surface area contributed by atoms with Crippen LogP contribution in [-0.2, 0) is 6.18 Å². The lowest BCUT2D eigenvalue weighted by Crippen LogP contribution is -2.20. The first-order chi connectivity index (χ1) is 17.6. The number of urea groups is 1. The summed E-state index contributed by atoms with van der Waals surface area (Å²) in [6.45, 7) is 1.91. The normalized spacial score (nSPS) is 19.6. The van der Waals surface area contributed by atoms with Gasteiger partial charge in [-0.2, -0.15) is 13.2 Å². The average Bonchev–Trinajstić information content (AvgIpc) is 3.61. The molecule has 2 aliphatic rings. The molecule has 0 bridgehead atoms. The number of amides is 2. The van der Waals surface area contributed by atoms with E-state index in [9.17, 15) is 23.1 Å². The Hall–Kier alpha value is -3.24. The van der Waals surface area contributed by atoms with Gasteiger partial charge in [0.2, 0.25) is 0 Å². The molecule has 5 rings (SSSR count). The number of halogens is 4. The van der Waals surface area contributed by atoms with Crippen molar-refractivity contribution in [2.75, 3.05) is 10.6 Å². The van der Waals surface area contributed by atoms with Crippen LogP contribution < -0.4 is 10.6 Å². The van der Waals surface area contributed by atoms with Crippen LogP contribution in [0.15, 0.2) is 36.4 Å². The summed E-state index contributed by atoms with van der Waals surface area (Å²) in [7, 11) is 0. The zero-order valence-corrected chi connectivity index (χ0v) is 20.7. The Kier molecular flexibility index (Phi) is 6.80. The molecule has 2 saturated carbocycles. The topological polar surface area (TPSA) is 100 Å². The number of hydrogen-bond acceptors (Lipinski definition) is 5. The molecule has 0 saturated heterocycles. The van der Waals surface area contributed by atoms with E-state index in [-0.39, 0.29) is 17.7 Å². The van der Waals surface area contributed by atoms with Gasteiger partial charge in [-0.3, -0.25) is 0 Å². The molecular formula is C26H25ClF3N5O2. The molecule has 0 spiro atoms. The highest BCUT2D eigenvalue weighted by Crippen LogP contribution is 2.41. The molecule has 1 heterocycles. The first-order valence-corrected chi connectivity index (χ1v) is 12.4. The predicted octanol–water partition coefficient (Wildman–Crippen LogP) is 6.67. The lowest BCUT2D eigenvalue weighted by molar-refractivity contribution is -0.137. The van der Waals surface area contributed by atoms with Crippen molar-refractivity contribution < 1.29 is 23.1 Å². The van der Waals surface area contributed by atoms with Gasteiger partial charge in [0.05, 0.1) is 16.7 Å². The fraction of sp³-hybridized carbons (Fsp3) is 0.385. The van der Waals surface area contributed by atoms with Crippen LogP contribution in [0.1, 0.15) is 66.7 Å². The third-order valence-electron chi connectivity index (χ3n) is 6.65. The van der Waals surface area contributed by atoms with E-state index in [0.29, 0.717) is 35.2 Å². The van der Waals surface area contributed by atoms with Crippen LogP contribution in [0.5, 0.6) is 0 Å². The van der Waals surface area contributed by atoms with Crippen molar-refractivity contribution in [1.82, 2.24) is 15.0 Å². The minimum absolute atomic E-state index is 0.0449. The zero-order valence-electron chi connectivity index (χ0n) is 19.9. The number of aliphatic hydroxyl groups is 1. The number of aliphatic hydroxyl groups excluding tert-OH is 1. The number of alkyl halides is 3. The zero-order chi connectivity index (χ0) is 26.3. The van der Waals surface area contributed by atoms with E-state index >= 15 is 0 Å². The van der Waals surface area contributed by atoms with Crippen LogP contribution in [0.3, 0.4) is 0 Å². The van der Waals surface area contributed by atoms with Gasteiger partial charge in [-0.1, -0.05) is 17.7 Å². The number of aromatic nitrogens is 3. The Bertz CT molecular complexity index is 1350. The summed E-state index contributed by atoms with van der Waals surface area (Å²) < 4.78 is 39.4. The van der Waals surface area contributed by atoms with Crippen LogP contribution >= 0.6 is 11.6 Å². The molecule has 1 aromatic heterocycles. The largest absolute Gasteiger partial charge is 0.417 e. The first-order valence-electron chi connectivity index (χ1n) is 12.1. The first kappa shape index (κ1) is 25.4. The summed E-state index contributed by atoms with van der Waals surface area (Å²) in [6.07, 6.45) is -0.789. The van der Waals surface area contributed by atoms with Crippen LogP contribution in [0.4, 0.5) is 29.3 Å². The summed E-state index contributed by atoms with van der Waals surface area (Å²) in [5.41, 5.74) is 0.957. The minimum atomic E-state index is -4.64. The Labute approximate surface area is 216 Å². The van der Waals surface area contributed by atoms with E-state index in [4.69, 9.17) is 26.6 Å². The fourth-order valence-corrected chi connectivity index (χ4v) is 4.71. The Morgan fingerprint density at radius 3 is 2.19 bits per heavy atom. The number of carbonyl (C=O) groups is 1. The van der Waals surface area contributed by atoms with E-state index in [1.54, 1.807) is 12.1 Å². The maximum Gasteiger partial charge on any atom is 0.417 e. The van der Waals surface area contributed by atoms with Crippen LogP contribution in [0.25, 0.3) is 11.4 Å². The van der Waals surface area contributed by atoms with Crippen molar-refractivity contribution in [2.24, 2.45) is 0 Å². The molecule has 194 valence electrons. The second kappa shape index (κ2) is 9.90. The van der Waals surface area contributed by atoms with E-state index in [1.165, 1.54) is 6.07 Å². The van der Waals surface area contributed by atoms with Crippen LogP contribution in [-0.4, -0.2) is 32.2 Å². The molecule has 0 aliphatic heterocycles. The lowest BCUT2D eigenvalue weighted by atomic mass is 10.1. The lowest BCUT2D eigenvalue weighted by Gasteiger charge is -2.14. The molecule has 2 aromatic carbocycles. The van der Waals surface area contributed by atoms with Crippen LogP contribution in [0.2, 0.25) is 5.02 Å². The van der Waals surface area contributed by atoms with Crippen molar-refractivity contribution in [3.8, 4) is 11.4 Å². The number of rotatable bonds is 5. The smallest absolute Gasteiger partial charge is 0.393 e. The fourth-order valence-electron chi connectivity index (χ4n) is 4.48. The number of hydrogen-bond donors (Lipinski definition) is 3. The van der Waals surface area contributed by atoms with E-state index < -0.39 is 22.8 Å². The minimum Gasteiger partial charge on any atom is -0.393 e. The average molecular weight is 532 g/mol. The highest BCUT2D eigenvalue weighted by atomic mass is 35.5. The number of aryl methyl sites for hydroxylation is 1. The molecule has 3 aromatic rings. The predicted molar refractivity (Wildman–Crippen MR) is 134 cm³/mol. The van der Waals surface area contributed by atoms with Gasteiger partial charge in [0, 0.05) is 28.8 Å².